The third-order valence-corrected chi connectivity index (χ3v) is 5.54. The monoisotopic (exact) mass is 385 g/mol. The minimum Gasteiger partial charge on any atom is -0.497 e. The van der Waals surface area contributed by atoms with E-state index in [1.165, 1.54) is 32.1 Å². The van der Waals surface area contributed by atoms with Crippen LogP contribution in [0.15, 0.2) is 28.8 Å². The van der Waals surface area contributed by atoms with Gasteiger partial charge in [0.15, 0.2) is 0 Å². The molecule has 2 aromatic rings. The Morgan fingerprint density at radius 1 is 1.25 bits per heavy atom. The quantitative estimate of drug-likeness (QED) is 0.649. The van der Waals surface area contributed by atoms with Crippen LogP contribution in [-0.4, -0.2) is 29.2 Å². The fourth-order valence-corrected chi connectivity index (χ4v) is 3.93. The maximum absolute atomic E-state index is 12.3. The van der Waals surface area contributed by atoms with Crippen molar-refractivity contribution in [1.29, 1.82) is 0 Å². The molecule has 1 amide bonds. The molecule has 28 heavy (non-hydrogen) atoms. The van der Waals surface area contributed by atoms with Gasteiger partial charge in [0.25, 0.3) is 0 Å². The number of hydrogen-bond donors (Lipinski definition) is 1. The van der Waals surface area contributed by atoms with Gasteiger partial charge in [0.1, 0.15) is 5.75 Å². The highest BCUT2D eigenvalue weighted by atomic mass is 16.5. The van der Waals surface area contributed by atoms with Crippen molar-refractivity contribution in [2.45, 2.75) is 70.8 Å². The van der Waals surface area contributed by atoms with Gasteiger partial charge in [-0.25, -0.2) is 0 Å². The van der Waals surface area contributed by atoms with Crippen molar-refractivity contribution in [3.63, 3.8) is 0 Å². The third kappa shape index (κ3) is 5.57. The molecule has 1 fully saturated rings. The molecular weight excluding hydrogens is 354 g/mol. The summed E-state index contributed by atoms with van der Waals surface area (Å²) in [5.74, 6) is 2.72. The summed E-state index contributed by atoms with van der Waals surface area (Å²) in [6.07, 6.45) is 9.13. The molecular formula is C22H31N3O3. The standard InChI is InChI=1S/C22H31N3O3/c1-3-4-7-16-8-5-9-19(16)23-20(26)10-6-11-21-24-22(25-28-21)17-12-14-18(27-2)15-13-17/h12-16,19H,3-11H2,1-2H3,(H,23,26). The molecule has 1 aliphatic rings. The van der Waals surface area contributed by atoms with Gasteiger partial charge in [-0.3, -0.25) is 4.79 Å². The lowest BCUT2D eigenvalue weighted by molar-refractivity contribution is -0.122. The van der Waals surface area contributed by atoms with Crippen molar-refractivity contribution in [3.05, 3.63) is 30.2 Å². The minimum absolute atomic E-state index is 0.142. The maximum Gasteiger partial charge on any atom is 0.226 e. The molecule has 6 heteroatoms. The molecule has 0 bridgehead atoms. The summed E-state index contributed by atoms with van der Waals surface area (Å²) >= 11 is 0. The van der Waals surface area contributed by atoms with Crippen LogP contribution in [0.4, 0.5) is 0 Å². The van der Waals surface area contributed by atoms with Crippen LogP contribution in [0.3, 0.4) is 0 Å². The predicted octanol–water partition coefficient (Wildman–Crippen LogP) is 4.54. The molecule has 0 spiro atoms. The van der Waals surface area contributed by atoms with Crippen molar-refractivity contribution in [2.75, 3.05) is 7.11 Å². The van der Waals surface area contributed by atoms with E-state index in [2.05, 4.69) is 22.4 Å². The highest BCUT2D eigenvalue weighted by molar-refractivity contribution is 5.76. The molecule has 2 atom stereocenters. The molecule has 0 aliphatic heterocycles. The number of carbonyl (C=O) groups excluding carboxylic acids is 1. The van der Waals surface area contributed by atoms with Gasteiger partial charge in [-0.05, 0) is 55.9 Å². The van der Waals surface area contributed by atoms with E-state index < -0.39 is 0 Å². The second-order valence-corrected chi connectivity index (χ2v) is 7.60. The van der Waals surface area contributed by atoms with E-state index in [9.17, 15) is 4.79 Å². The molecule has 6 nitrogen and oxygen atoms in total. The average Bonchev–Trinajstić information content (AvgIpc) is 3.36. The smallest absolute Gasteiger partial charge is 0.226 e. The summed E-state index contributed by atoms with van der Waals surface area (Å²) in [6, 6.07) is 7.90. The molecule has 2 unspecified atom stereocenters. The number of hydrogen-bond acceptors (Lipinski definition) is 5. The zero-order chi connectivity index (χ0) is 19.8. The molecule has 1 saturated carbocycles. The van der Waals surface area contributed by atoms with E-state index in [0.29, 0.717) is 42.9 Å². The van der Waals surface area contributed by atoms with E-state index in [1.54, 1.807) is 7.11 Å². The topological polar surface area (TPSA) is 77.2 Å². The Balaban J connectivity index is 1.42. The van der Waals surface area contributed by atoms with Crippen LogP contribution < -0.4 is 10.1 Å². The fourth-order valence-electron chi connectivity index (χ4n) is 3.93. The maximum atomic E-state index is 12.3. The molecule has 1 aliphatic carbocycles. The fraction of sp³-hybridized carbons (Fsp3) is 0.591. The summed E-state index contributed by atoms with van der Waals surface area (Å²) in [7, 11) is 1.63. The van der Waals surface area contributed by atoms with E-state index >= 15 is 0 Å². The van der Waals surface area contributed by atoms with Crippen molar-refractivity contribution < 1.29 is 14.1 Å². The van der Waals surface area contributed by atoms with E-state index in [0.717, 1.165) is 17.7 Å². The highest BCUT2D eigenvalue weighted by Crippen LogP contribution is 2.30. The van der Waals surface area contributed by atoms with E-state index in [-0.39, 0.29) is 5.91 Å². The SMILES string of the molecule is CCCCC1CCCC1NC(=O)CCCc1nc(-c2ccc(OC)cc2)no1. The van der Waals surface area contributed by atoms with Gasteiger partial charge < -0.3 is 14.6 Å². The second-order valence-electron chi connectivity index (χ2n) is 7.60. The predicted molar refractivity (Wildman–Crippen MR) is 108 cm³/mol. The van der Waals surface area contributed by atoms with Crippen LogP contribution in [0.2, 0.25) is 0 Å². The van der Waals surface area contributed by atoms with Crippen molar-refractivity contribution in [1.82, 2.24) is 15.5 Å². The number of rotatable bonds is 10. The van der Waals surface area contributed by atoms with Crippen LogP contribution >= 0.6 is 0 Å². The first-order valence-electron chi connectivity index (χ1n) is 10.5. The van der Waals surface area contributed by atoms with Gasteiger partial charge in [0, 0.05) is 24.4 Å². The summed E-state index contributed by atoms with van der Waals surface area (Å²) in [4.78, 5) is 16.7. The van der Waals surface area contributed by atoms with Crippen molar-refractivity contribution in [2.24, 2.45) is 5.92 Å². The third-order valence-electron chi connectivity index (χ3n) is 5.54. The van der Waals surface area contributed by atoms with E-state index in [4.69, 9.17) is 9.26 Å². The molecule has 1 aromatic carbocycles. The first-order valence-corrected chi connectivity index (χ1v) is 10.5. The first-order chi connectivity index (χ1) is 13.7. The number of carbonyl (C=O) groups is 1. The summed E-state index contributed by atoms with van der Waals surface area (Å²) in [6.45, 7) is 2.22. The zero-order valence-corrected chi connectivity index (χ0v) is 16.9. The number of nitrogens with one attached hydrogen (secondary N) is 1. The van der Waals surface area contributed by atoms with Crippen LogP contribution in [0, 0.1) is 5.92 Å². The molecule has 152 valence electrons. The number of aromatic nitrogens is 2. The van der Waals surface area contributed by atoms with Gasteiger partial charge in [-0.15, -0.1) is 0 Å². The molecule has 0 radical (unpaired) electrons. The van der Waals surface area contributed by atoms with Crippen molar-refractivity contribution >= 4 is 5.91 Å². The normalized spacial score (nSPS) is 18.9. The molecule has 1 aromatic heterocycles. The Kier molecular flexibility index (Phi) is 7.46. The Bertz CT molecular complexity index is 742. The lowest BCUT2D eigenvalue weighted by Gasteiger charge is -2.20. The number of ether oxygens (including phenoxy) is 1. The van der Waals surface area contributed by atoms with E-state index in [1.807, 2.05) is 24.3 Å². The number of amides is 1. The van der Waals surface area contributed by atoms with Gasteiger partial charge >= 0.3 is 0 Å². The Hall–Kier alpha value is -2.37. The second kappa shape index (κ2) is 10.2. The van der Waals surface area contributed by atoms with Gasteiger partial charge in [0.05, 0.1) is 7.11 Å². The van der Waals surface area contributed by atoms with Gasteiger partial charge in [0.2, 0.25) is 17.6 Å². The first kappa shape index (κ1) is 20.4. The minimum atomic E-state index is 0.142. The van der Waals surface area contributed by atoms with Crippen LogP contribution in [0.5, 0.6) is 5.75 Å². The zero-order valence-electron chi connectivity index (χ0n) is 16.9. The number of benzene rings is 1. The lowest BCUT2D eigenvalue weighted by Crippen LogP contribution is -2.37. The number of methoxy groups -OCH3 is 1. The molecule has 1 N–H and O–H groups in total. The van der Waals surface area contributed by atoms with Crippen LogP contribution in [0.1, 0.15) is 64.2 Å². The van der Waals surface area contributed by atoms with Crippen molar-refractivity contribution in [3.8, 4) is 17.1 Å². The highest BCUT2D eigenvalue weighted by Gasteiger charge is 2.27. The Morgan fingerprint density at radius 3 is 2.82 bits per heavy atom. The van der Waals surface area contributed by atoms with Crippen LogP contribution in [0.25, 0.3) is 11.4 Å². The summed E-state index contributed by atoms with van der Waals surface area (Å²) in [5.41, 5.74) is 0.882. The lowest BCUT2D eigenvalue weighted by atomic mass is 9.96. The van der Waals surface area contributed by atoms with Crippen LogP contribution in [-0.2, 0) is 11.2 Å². The Labute approximate surface area is 167 Å². The summed E-state index contributed by atoms with van der Waals surface area (Å²) < 4.78 is 10.5. The average molecular weight is 386 g/mol. The number of nitrogens with zero attached hydrogens (tertiary/aromatic N) is 2. The number of aryl methyl sites for hydroxylation is 1. The molecule has 1 heterocycles. The Morgan fingerprint density at radius 2 is 2.07 bits per heavy atom. The number of unbranched alkanes of at least 4 members (excludes halogenated alkanes) is 1. The largest absolute Gasteiger partial charge is 0.497 e. The molecule has 0 saturated heterocycles. The molecule has 3 rings (SSSR count). The van der Waals surface area contributed by atoms with Gasteiger partial charge in [-0.2, -0.15) is 4.98 Å². The van der Waals surface area contributed by atoms with Gasteiger partial charge in [-0.1, -0.05) is 31.3 Å². The summed E-state index contributed by atoms with van der Waals surface area (Å²) in [5, 5.41) is 7.28.